The molecule has 2 atom stereocenters. The van der Waals surface area contributed by atoms with Crippen LogP contribution in [0.4, 0.5) is 0 Å². The second-order valence-corrected chi connectivity index (χ2v) is 5.13. The molecule has 2 heteroatoms. The van der Waals surface area contributed by atoms with Gasteiger partial charge >= 0.3 is 0 Å². The van der Waals surface area contributed by atoms with Crippen LogP contribution in [0, 0.1) is 11.8 Å². The molecule has 0 saturated heterocycles. The third-order valence-electron chi connectivity index (χ3n) is 2.95. The van der Waals surface area contributed by atoms with E-state index in [1.165, 1.54) is 32.4 Å². The highest BCUT2D eigenvalue weighted by molar-refractivity contribution is 7.80. The van der Waals surface area contributed by atoms with E-state index in [9.17, 15) is 0 Å². The minimum Gasteiger partial charge on any atom is -0.306 e. The maximum atomic E-state index is 4.26. The van der Waals surface area contributed by atoms with Crippen LogP contribution in [0.15, 0.2) is 0 Å². The van der Waals surface area contributed by atoms with Crippen molar-refractivity contribution < 1.29 is 0 Å². The van der Waals surface area contributed by atoms with Gasteiger partial charge in [0.2, 0.25) is 0 Å². The molecule has 0 aliphatic carbocycles. The zero-order chi connectivity index (χ0) is 11.0. The van der Waals surface area contributed by atoms with E-state index in [1.807, 2.05) is 0 Å². The predicted molar refractivity (Wildman–Crippen MR) is 69.2 cm³/mol. The van der Waals surface area contributed by atoms with Crippen LogP contribution >= 0.6 is 12.6 Å². The minimum atomic E-state index is 0.826. The summed E-state index contributed by atoms with van der Waals surface area (Å²) in [5, 5.41) is 0. The molecule has 0 aliphatic rings. The van der Waals surface area contributed by atoms with Crippen LogP contribution < -0.4 is 0 Å². The van der Waals surface area contributed by atoms with Crippen molar-refractivity contribution in [3.05, 3.63) is 0 Å². The van der Waals surface area contributed by atoms with Gasteiger partial charge in [0.15, 0.2) is 0 Å². The normalized spacial score (nSPS) is 15.9. The van der Waals surface area contributed by atoms with Gasteiger partial charge in [-0.3, -0.25) is 0 Å². The number of hydrogen-bond acceptors (Lipinski definition) is 2. The zero-order valence-electron chi connectivity index (χ0n) is 10.3. The monoisotopic (exact) mass is 217 g/mol. The molecule has 0 aromatic carbocycles. The Balaban J connectivity index is 3.47. The van der Waals surface area contributed by atoms with Crippen molar-refractivity contribution in [3.63, 3.8) is 0 Å². The highest BCUT2D eigenvalue weighted by Gasteiger charge is 2.06. The van der Waals surface area contributed by atoms with Crippen LogP contribution in [0.2, 0.25) is 0 Å². The van der Waals surface area contributed by atoms with E-state index >= 15 is 0 Å². The summed E-state index contributed by atoms with van der Waals surface area (Å²) < 4.78 is 0. The van der Waals surface area contributed by atoms with E-state index in [1.54, 1.807) is 0 Å². The van der Waals surface area contributed by atoms with E-state index in [2.05, 4.69) is 45.3 Å². The first-order valence-corrected chi connectivity index (χ1v) is 6.52. The maximum Gasteiger partial charge on any atom is 0.000387 e. The number of nitrogens with zero attached hydrogens (tertiary/aromatic N) is 1. The molecule has 0 amide bonds. The van der Waals surface area contributed by atoms with E-state index < -0.39 is 0 Å². The molecule has 0 spiro atoms. The van der Waals surface area contributed by atoms with Crippen LogP contribution in [-0.2, 0) is 0 Å². The van der Waals surface area contributed by atoms with Gasteiger partial charge in [-0.15, -0.1) is 0 Å². The Kier molecular flexibility index (Phi) is 8.80. The zero-order valence-corrected chi connectivity index (χ0v) is 11.2. The van der Waals surface area contributed by atoms with Crippen LogP contribution in [0.3, 0.4) is 0 Å². The van der Waals surface area contributed by atoms with Gasteiger partial charge in [0, 0.05) is 6.54 Å². The molecule has 0 rings (SSSR count). The van der Waals surface area contributed by atoms with Gasteiger partial charge in [-0.05, 0) is 44.0 Å². The third kappa shape index (κ3) is 7.69. The molecule has 1 nitrogen and oxygen atoms in total. The first kappa shape index (κ1) is 14.3. The Labute approximate surface area is 95.7 Å². The molecule has 0 saturated carbocycles. The van der Waals surface area contributed by atoms with Gasteiger partial charge in [-0.25, -0.2) is 0 Å². The average molecular weight is 217 g/mol. The van der Waals surface area contributed by atoms with E-state index in [4.69, 9.17) is 0 Å². The van der Waals surface area contributed by atoms with Gasteiger partial charge in [0.1, 0.15) is 0 Å². The highest BCUT2D eigenvalue weighted by atomic mass is 32.1. The standard InChI is InChI=1S/C12H27NS/c1-5-11(2)10-13(4)8-6-12(3)7-9-14/h11-12,14H,5-10H2,1-4H3. The predicted octanol–water partition coefficient (Wildman–Crippen LogP) is 3.31. The quantitative estimate of drug-likeness (QED) is 0.611. The van der Waals surface area contributed by atoms with Crippen LogP contribution in [0.1, 0.15) is 40.0 Å². The molecule has 0 fully saturated rings. The summed E-state index contributed by atoms with van der Waals surface area (Å²) in [6.07, 6.45) is 3.85. The lowest BCUT2D eigenvalue weighted by Gasteiger charge is -2.22. The van der Waals surface area contributed by atoms with Crippen LogP contribution in [0.5, 0.6) is 0 Å². The Bertz CT molecular complexity index is 127. The summed E-state index contributed by atoms with van der Waals surface area (Å²) in [5.74, 6) is 2.68. The molecule has 0 radical (unpaired) electrons. The SMILES string of the molecule is CCC(C)CN(C)CCC(C)CCS. The number of rotatable bonds is 8. The Morgan fingerprint density at radius 3 is 2.29 bits per heavy atom. The van der Waals surface area contributed by atoms with Gasteiger partial charge in [-0.1, -0.05) is 27.2 Å². The van der Waals surface area contributed by atoms with Crippen molar-refractivity contribution >= 4 is 12.6 Å². The maximum absolute atomic E-state index is 4.26. The molecule has 14 heavy (non-hydrogen) atoms. The lowest BCUT2D eigenvalue weighted by molar-refractivity contribution is 0.263. The smallest absolute Gasteiger partial charge is 0.000387 e. The molecule has 86 valence electrons. The van der Waals surface area contributed by atoms with E-state index in [0.29, 0.717) is 0 Å². The summed E-state index contributed by atoms with van der Waals surface area (Å²) in [5.41, 5.74) is 0. The van der Waals surface area contributed by atoms with Crippen LogP contribution in [-0.4, -0.2) is 30.8 Å². The third-order valence-corrected chi connectivity index (χ3v) is 3.20. The van der Waals surface area contributed by atoms with Crippen molar-refractivity contribution in [2.45, 2.75) is 40.0 Å². The molecule has 0 N–H and O–H groups in total. The molecule has 0 aromatic heterocycles. The van der Waals surface area contributed by atoms with Gasteiger partial charge in [0.25, 0.3) is 0 Å². The molecule has 0 heterocycles. The second-order valence-electron chi connectivity index (χ2n) is 4.68. The number of hydrogen-bond donors (Lipinski definition) is 1. The van der Waals surface area contributed by atoms with Crippen molar-refractivity contribution in [1.29, 1.82) is 0 Å². The molecule has 0 aliphatic heterocycles. The Morgan fingerprint density at radius 1 is 1.14 bits per heavy atom. The lowest BCUT2D eigenvalue weighted by atomic mass is 10.0. The molecule has 0 bridgehead atoms. The first-order chi connectivity index (χ1) is 6.60. The fraction of sp³-hybridized carbons (Fsp3) is 1.00. The largest absolute Gasteiger partial charge is 0.306 e. The van der Waals surface area contributed by atoms with Crippen molar-refractivity contribution in [2.75, 3.05) is 25.9 Å². The molecular weight excluding hydrogens is 190 g/mol. The van der Waals surface area contributed by atoms with Crippen molar-refractivity contribution in [3.8, 4) is 0 Å². The van der Waals surface area contributed by atoms with Crippen LogP contribution in [0.25, 0.3) is 0 Å². The average Bonchev–Trinajstić information content (AvgIpc) is 2.15. The fourth-order valence-electron chi connectivity index (χ4n) is 1.56. The van der Waals surface area contributed by atoms with E-state index in [0.717, 1.165) is 17.6 Å². The Hall–Kier alpha value is 0.310. The summed E-state index contributed by atoms with van der Waals surface area (Å²) in [4.78, 5) is 2.46. The van der Waals surface area contributed by atoms with Gasteiger partial charge < -0.3 is 4.90 Å². The summed E-state index contributed by atoms with van der Waals surface area (Å²) >= 11 is 4.26. The van der Waals surface area contributed by atoms with Gasteiger partial charge in [-0.2, -0.15) is 12.6 Å². The second kappa shape index (κ2) is 8.60. The first-order valence-electron chi connectivity index (χ1n) is 5.89. The summed E-state index contributed by atoms with van der Waals surface area (Å²) in [6, 6.07) is 0. The highest BCUT2D eigenvalue weighted by Crippen LogP contribution is 2.10. The topological polar surface area (TPSA) is 3.24 Å². The summed E-state index contributed by atoms with van der Waals surface area (Å²) in [7, 11) is 2.24. The van der Waals surface area contributed by atoms with Crippen molar-refractivity contribution in [2.24, 2.45) is 11.8 Å². The summed E-state index contributed by atoms with van der Waals surface area (Å²) in [6.45, 7) is 9.40. The number of thiol groups is 1. The molecular formula is C12H27NS. The molecule has 0 aromatic rings. The fourth-order valence-corrected chi connectivity index (χ4v) is 2.00. The molecule has 2 unspecified atom stereocenters. The Morgan fingerprint density at radius 2 is 1.79 bits per heavy atom. The van der Waals surface area contributed by atoms with E-state index in [-0.39, 0.29) is 0 Å². The van der Waals surface area contributed by atoms with Crippen molar-refractivity contribution in [1.82, 2.24) is 4.90 Å². The lowest BCUT2D eigenvalue weighted by Crippen LogP contribution is -2.26. The van der Waals surface area contributed by atoms with Gasteiger partial charge in [0.05, 0.1) is 0 Å². The minimum absolute atomic E-state index is 0.826.